The number of rotatable bonds is 7. The van der Waals surface area contributed by atoms with E-state index in [1.54, 1.807) is 0 Å². The second kappa shape index (κ2) is 8.38. The second-order valence-electron chi connectivity index (χ2n) is 7.75. The number of halogens is 1. The van der Waals surface area contributed by atoms with Crippen molar-refractivity contribution in [2.75, 3.05) is 19.8 Å². The molecule has 1 aromatic heterocycles. The highest BCUT2D eigenvalue weighted by Gasteiger charge is 2.39. The molecule has 1 aliphatic carbocycles. The third kappa shape index (κ3) is 4.94. The predicted octanol–water partition coefficient (Wildman–Crippen LogP) is 3.06. The summed E-state index contributed by atoms with van der Waals surface area (Å²) in [4.78, 5) is 4.16. The molecule has 1 saturated carbocycles. The van der Waals surface area contributed by atoms with Gasteiger partial charge in [-0.05, 0) is 62.1 Å². The van der Waals surface area contributed by atoms with Crippen LogP contribution in [-0.4, -0.2) is 44.5 Å². The van der Waals surface area contributed by atoms with Crippen LogP contribution in [0.15, 0.2) is 36.5 Å². The molecule has 2 heterocycles. The molecule has 8 heteroatoms. The van der Waals surface area contributed by atoms with Crippen molar-refractivity contribution < 1.29 is 22.3 Å². The molecule has 1 N–H and O–H groups in total. The van der Waals surface area contributed by atoms with E-state index < -0.39 is 10.0 Å². The van der Waals surface area contributed by atoms with E-state index >= 15 is 0 Å². The molecule has 6 nitrogen and oxygen atoms in total. The summed E-state index contributed by atoms with van der Waals surface area (Å²) in [5.74, 6) is 0.286. The summed E-state index contributed by atoms with van der Waals surface area (Å²) in [6.07, 6.45) is 3.34. The van der Waals surface area contributed by atoms with Gasteiger partial charge >= 0.3 is 0 Å². The Kier molecular flexibility index (Phi) is 5.85. The lowest BCUT2D eigenvalue weighted by molar-refractivity contribution is 0.0186. The summed E-state index contributed by atoms with van der Waals surface area (Å²) in [6.45, 7) is 3.20. The van der Waals surface area contributed by atoms with Crippen molar-refractivity contribution in [3.63, 3.8) is 0 Å². The molecule has 29 heavy (non-hydrogen) atoms. The first-order valence-corrected chi connectivity index (χ1v) is 11.4. The van der Waals surface area contributed by atoms with Gasteiger partial charge in [0, 0.05) is 24.1 Å². The van der Waals surface area contributed by atoms with Gasteiger partial charge in [0.15, 0.2) is 0 Å². The van der Waals surface area contributed by atoms with Crippen LogP contribution in [0.3, 0.4) is 0 Å². The lowest BCUT2D eigenvalue weighted by Gasteiger charge is -2.31. The van der Waals surface area contributed by atoms with E-state index in [0.29, 0.717) is 32.0 Å². The Balaban J connectivity index is 1.38. The minimum Gasteiger partial charge on any atom is -0.493 e. The van der Waals surface area contributed by atoms with Gasteiger partial charge in [-0.1, -0.05) is 0 Å². The number of hydrogen-bond acceptors (Lipinski definition) is 5. The summed E-state index contributed by atoms with van der Waals surface area (Å²) in [5.41, 5.74) is 2.38. The number of ether oxygens (including phenoxy) is 2. The minimum atomic E-state index is -3.24. The number of nitrogens with zero attached hydrogens (tertiary/aromatic N) is 1. The average molecular weight is 421 g/mol. The Bertz CT molecular complexity index is 961. The summed E-state index contributed by atoms with van der Waals surface area (Å²) < 4.78 is 52.1. The highest BCUT2D eigenvalue weighted by Crippen LogP contribution is 2.29. The smallest absolute Gasteiger partial charge is 0.214 e. The number of pyridine rings is 1. The van der Waals surface area contributed by atoms with Gasteiger partial charge < -0.3 is 9.47 Å². The van der Waals surface area contributed by atoms with E-state index in [2.05, 4.69) is 9.71 Å². The van der Waals surface area contributed by atoms with Gasteiger partial charge in [-0.25, -0.2) is 17.5 Å². The molecular formula is C21H25FN2O4S. The maximum absolute atomic E-state index is 13.3. The van der Waals surface area contributed by atoms with Crippen molar-refractivity contribution in [3.8, 4) is 17.0 Å². The van der Waals surface area contributed by atoms with Gasteiger partial charge in [-0.15, -0.1) is 0 Å². The monoisotopic (exact) mass is 420 g/mol. The van der Waals surface area contributed by atoms with Crippen molar-refractivity contribution in [3.05, 3.63) is 47.9 Å². The van der Waals surface area contributed by atoms with E-state index in [1.165, 1.54) is 12.3 Å². The minimum absolute atomic E-state index is 0.0436. The van der Waals surface area contributed by atoms with Gasteiger partial charge in [0.05, 0.1) is 30.4 Å². The molecular weight excluding hydrogens is 395 g/mol. The standard InChI is InChI=1S/C21H25FN2O4S/c1-14-10-17(22)11-23-21(14)15-2-4-18(5-3-15)28-13-16-12-27-9-8-20(16)24-29(25,26)19-6-7-19/h2-5,10-11,16,19-20,24H,6-9,12-13H2,1H3/t16-,20+/m1/s1. The fourth-order valence-electron chi connectivity index (χ4n) is 3.56. The molecule has 1 saturated heterocycles. The van der Waals surface area contributed by atoms with E-state index in [0.717, 1.165) is 29.7 Å². The molecule has 1 aliphatic heterocycles. The zero-order valence-electron chi connectivity index (χ0n) is 16.3. The largest absolute Gasteiger partial charge is 0.493 e. The van der Waals surface area contributed by atoms with Crippen LogP contribution in [0.4, 0.5) is 4.39 Å². The first-order valence-electron chi connectivity index (χ1n) is 9.86. The Morgan fingerprint density at radius 2 is 2.00 bits per heavy atom. The molecule has 2 aliphatic rings. The average Bonchev–Trinajstić information content (AvgIpc) is 3.54. The molecule has 156 valence electrons. The molecule has 2 aromatic rings. The molecule has 1 aromatic carbocycles. The Labute approximate surface area is 170 Å². The molecule has 0 unspecified atom stereocenters. The lowest BCUT2D eigenvalue weighted by atomic mass is 9.98. The molecule has 0 amide bonds. The van der Waals surface area contributed by atoms with Crippen LogP contribution in [0.25, 0.3) is 11.3 Å². The van der Waals surface area contributed by atoms with E-state index in [4.69, 9.17) is 9.47 Å². The van der Waals surface area contributed by atoms with Gasteiger partial charge in [0.1, 0.15) is 11.6 Å². The van der Waals surface area contributed by atoms with Crippen LogP contribution < -0.4 is 9.46 Å². The van der Waals surface area contributed by atoms with Crippen molar-refractivity contribution in [2.24, 2.45) is 5.92 Å². The summed E-state index contributed by atoms with van der Waals surface area (Å²) in [5, 5.41) is -0.233. The molecule has 4 rings (SSSR count). The Morgan fingerprint density at radius 1 is 1.24 bits per heavy atom. The summed E-state index contributed by atoms with van der Waals surface area (Å²) in [7, 11) is -3.24. The van der Waals surface area contributed by atoms with Crippen molar-refractivity contribution >= 4 is 10.0 Å². The van der Waals surface area contributed by atoms with Crippen molar-refractivity contribution in [2.45, 2.75) is 37.5 Å². The number of aromatic nitrogens is 1. The normalized spacial score (nSPS) is 22.4. The highest BCUT2D eigenvalue weighted by atomic mass is 32.2. The van der Waals surface area contributed by atoms with Crippen molar-refractivity contribution in [1.29, 1.82) is 0 Å². The number of aryl methyl sites for hydroxylation is 1. The van der Waals surface area contributed by atoms with E-state index in [9.17, 15) is 12.8 Å². The molecule has 0 radical (unpaired) electrons. The van der Waals surface area contributed by atoms with Gasteiger partial charge in [-0.3, -0.25) is 4.98 Å². The fraction of sp³-hybridized carbons (Fsp3) is 0.476. The first-order chi connectivity index (χ1) is 13.9. The third-order valence-corrected chi connectivity index (χ3v) is 7.37. The fourth-order valence-corrected chi connectivity index (χ4v) is 5.24. The zero-order valence-corrected chi connectivity index (χ0v) is 17.1. The van der Waals surface area contributed by atoms with Crippen LogP contribution in [0, 0.1) is 18.7 Å². The Morgan fingerprint density at radius 3 is 2.69 bits per heavy atom. The van der Waals surface area contributed by atoms with Crippen molar-refractivity contribution in [1.82, 2.24) is 9.71 Å². The third-order valence-electron chi connectivity index (χ3n) is 5.39. The van der Waals surface area contributed by atoms with Crippen LogP contribution in [-0.2, 0) is 14.8 Å². The van der Waals surface area contributed by atoms with E-state index in [1.807, 2.05) is 31.2 Å². The predicted molar refractivity (Wildman–Crippen MR) is 108 cm³/mol. The highest BCUT2D eigenvalue weighted by molar-refractivity contribution is 7.90. The number of hydrogen-bond donors (Lipinski definition) is 1. The maximum atomic E-state index is 13.3. The van der Waals surface area contributed by atoms with E-state index in [-0.39, 0.29) is 23.0 Å². The number of nitrogens with one attached hydrogen (secondary N) is 1. The van der Waals surface area contributed by atoms with Gasteiger partial charge in [-0.2, -0.15) is 0 Å². The number of benzene rings is 1. The molecule has 2 fully saturated rings. The first kappa shape index (κ1) is 20.3. The zero-order chi connectivity index (χ0) is 20.4. The SMILES string of the molecule is Cc1cc(F)cnc1-c1ccc(OC[C@H]2COCC[C@@H]2NS(=O)(=O)C2CC2)cc1. The number of sulfonamides is 1. The van der Waals surface area contributed by atoms with Crippen LogP contribution in [0.2, 0.25) is 0 Å². The van der Waals surface area contributed by atoms with Crippen LogP contribution in [0.1, 0.15) is 24.8 Å². The van der Waals surface area contributed by atoms with Gasteiger partial charge in [0.2, 0.25) is 10.0 Å². The second-order valence-corrected chi connectivity index (χ2v) is 9.74. The topological polar surface area (TPSA) is 77.5 Å². The summed E-state index contributed by atoms with van der Waals surface area (Å²) in [6, 6.07) is 8.73. The Hall–Kier alpha value is -2.03. The summed E-state index contributed by atoms with van der Waals surface area (Å²) >= 11 is 0. The lowest BCUT2D eigenvalue weighted by Crippen LogP contribution is -2.48. The van der Waals surface area contributed by atoms with Gasteiger partial charge in [0.25, 0.3) is 0 Å². The van der Waals surface area contributed by atoms with Crippen LogP contribution in [0.5, 0.6) is 5.75 Å². The molecule has 0 spiro atoms. The van der Waals surface area contributed by atoms with Crippen LogP contribution >= 0.6 is 0 Å². The maximum Gasteiger partial charge on any atom is 0.214 e. The molecule has 0 bridgehead atoms. The molecule has 2 atom stereocenters. The quantitative estimate of drug-likeness (QED) is 0.745.